The highest BCUT2D eigenvalue weighted by Crippen LogP contribution is 2.21. The van der Waals surface area contributed by atoms with Crippen LogP contribution >= 0.6 is 11.6 Å². The van der Waals surface area contributed by atoms with Crippen molar-refractivity contribution in [1.29, 1.82) is 0 Å². The SMILES string of the molecule is Fc1cc(F)cc(-c2ccc(Cl)nc2)c1. The Labute approximate surface area is 90.3 Å². The molecule has 2 rings (SSSR count). The molecule has 76 valence electrons. The van der Waals surface area contributed by atoms with Crippen LogP contribution in [0, 0.1) is 11.6 Å². The first-order valence-electron chi connectivity index (χ1n) is 4.23. The van der Waals surface area contributed by atoms with E-state index in [1.807, 2.05) is 0 Å². The molecule has 1 aromatic carbocycles. The van der Waals surface area contributed by atoms with Gasteiger partial charge in [0.25, 0.3) is 0 Å². The second-order valence-electron chi connectivity index (χ2n) is 3.03. The maximum Gasteiger partial charge on any atom is 0.129 e. The summed E-state index contributed by atoms with van der Waals surface area (Å²) in [4.78, 5) is 3.84. The summed E-state index contributed by atoms with van der Waals surface area (Å²) < 4.78 is 25.8. The first-order valence-corrected chi connectivity index (χ1v) is 4.61. The second kappa shape index (κ2) is 3.95. The van der Waals surface area contributed by atoms with Gasteiger partial charge in [-0.25, -0.2) is 13.8 Å². The fourth-order valence-electron chi connectivity index (χ4n) is 1.27. The number of benzene rings is 1. The van der Waals surface area contributed by atoms with Crippen LogP contribution in [-0.4, -0.2) is 4.98 Å². The molecule has 1 aromatic heterocycles. The number of nitrogens with zero attached hydrogens (tertiary/aromatic N) is 1. The van der Waals surface area contributed by atoms with E-state index in [4.69, 9.17) is 11.6 Å². The molecule has 0 radical (unpaired) electrons. The smallest absolute Gasteiger partial charge is 0.129 e. The van der Waals surface area contributed by atoms with E-state index < -0.39 is 11.6 Å². The zero-order chi connectivity index (χ0) is 10.8. The molecule has 0 bridgehead atoms. The Morgan fingerprint density at radius 3 is 2.13 bits per heavy atom. The van der Waals surface area contributed by atoms with Gasteiger partial charge in [-0.2, -0.15) is 0 Å². The fourth-order valence-corrected chi connectivity index (χ4v) is 1.38. The molecular weight excluding hydrogens is 220 g/mol. The van der Waals surface area contributed by atoms with Gasteiger partial charge < -0.3 is 0 Å². The van der Waals surface area contributed by atoms with Crippen LogP contribution in [0.2, 0.25) is 5.15 Å². The monoisotopic (exact) mass is 225 g/mol. The average molecular weight is 226 g/mol. The fraction of sp³-hybridized carbons (Fsp3) is 0. The van der Waals surface area contributed by atoms with Crippen molar-refractivity contribution in [3.05, 3.63) is 53.3 Å². The van der Waals surface area contributed by atoms with Crippen LogP contribution in [-0.2, 0) is 0 Å². The van der Waals surface area contributed by atoms with Gasteiger partial charge in [-0.1, -0.05) is 11.6 Å². The first-order chi connectivity index (χ1) is 7.15. The summed E-state index contributed by atoms with van der Waals surface area (Å²) in [5, 5.41) is 0.343. The Kier molecular flexibility index (Phi) is 2.64. The van der Waals surface area contributed by atoms with Gasteiger partial charge in [0.05, 0.1) is 0 Å². The molecule has 0 unspecified atom stereocenters. The molecule has 4 heteroatoms. The van der Waals surface area contributed by atoms with Gasteiger partial charge in [-0.05, 0) is 29.8 Å². The zero-order valence-electron chi connectivity index (χ0n) is 7.55. The van der Waals surface area contributed by atoms with E-state index in [9.17, 15) is 8.78 Å². The summed E-state index contributed by atoms with van der Waals surface area (Å²) in [6.07, 6.45) is 1.47. The number of rotatable bonds is 1. The maximum absolute atomic E-state index is 12.9. The van der Waals surface area contributed by atoms with Gasteiger partial charge in [0, 0.05) is 17.8 Å². The predicted molar refractivity (Wildman–Crippen MR) is 54.6 cm³/mol. The number of pyridine rings is 1. The first kappa shape index (κ1) is 10.1. The van der Waals surface area contributed by atoms with Gasteiger partial charge >= 0.3 is 0 Å². The lowest BCUT2D eigenvalue weighted by Gasteiger charge is -2.01. The Hall–Kier alpha value is -1.48. The zero-order valence-corrected chi connectivity index (χ0v) is 8.30. The van der Waals surface area contributed by atoms with Crippen molar-refractivity contribution in [3.8, 4) is 11.1 Å². The number of halogens is 3. The van der Waals surface area contributed by atoms with E-state index in [-0.39, 0.29) is 0 Å². The minimum atomic E-state index is -0.611. The van der Waals surface area contributed by atoms with Gasteiger partial charge in [0.2, 0.25) is 0 Å². The van der Waals surface area contributed by atoms with E-state index in [0.29, 0.717) is 16.3 Å². The van der Waals surface area contributed by atoms with Crippen LogP contribution in [0.15, 0.2) is 36.5 Å². The van der Waals surface area contributed by atoms with Gasteiger partial charge in [-0.3, -0.25) is 0 Å². The normalized spacial score (nSPS) is 10.3. The highest BCUT2D eigenvalue weighted by Gasteiger charge is 2.03. The number of hydrogen-bond donors (Lipinski definition) is 0. The third kappa shape index (κ3) is 2.30. The quantitative estimate of drug-likeness (QED) is 0.675. The summed E-state index contributed by atoms with van der Waals surface area (Å²) in [7, 11) is 0. The lowest BCUT2D eigenvalue weighted by molar-refractivity contribution is 0.584. The van der Waals surface area contributed by atoms with E-state index in [2.05, 4.69) is 4.98 Å². The van der Waals surface area contributed by atoms with Gasteiger partial charge in [-0.15, -0.1) is 0 Å². The highest BCUT2D eigenvalue weighted by molar-refractivity contribution is 6.29. The average Bonchev–Trinajstić information content (AvgIpc) is 2.17. The Morgan fingerprint density at radius 1 is 0.933 bits per heavy atom. The molecule has 0 fully saturated rings. The number of hydrogen-bond acceptors (Lipinski definition) is 1. The molecule has 0 aliphatic rings. The molecular formula is C11H6ClF2N. The molecule has 0 amide bonds. The molecule has 0 N–H and O–H groups in total. The van der Waals surface area contributed by atoms with Crippen molar-refractivity contribution in [1.82, 2.24) is 4.98 Å². The summed E-state index contributed by atoms with van der Waals surface area (Å²) >= 11 is 5.60. The summed E-state index contributed by atoms with van der Waals surface area (Å²) in [5.41, 5.74) is 1.06. The van der Waals surface area contributed by atoms with E-state index in [0.717, 1.165) is 6.07 Å². The standard InChI is InChI=1S/C11H6ClF2N/c12-11-2-1-7(6-15-11)8-3-9(13)5-10(14)4-8/h1-6H. The Morgan fingerprint density at radius 2 is 1.60 bits per heavy atom. The lowest BCUT2D eigenvalue weighted by atomic mass is 10.1. The molecule has 0 saturated heterocycles. The van der Waals surface area contributed by atoms with Crippen molar-refractivity contribution in [3.63, 3.8) is 0 Å². The largest absolute Gasteiger partial charge is 0.244 e. The molecule has 0 spiro atoms. The molecule has 15 heavy (non-hydrogen) atoms. The minimum Gasteiger partial charge on any atom is -0.244 e. The maximum atomic E-state index is 12.9. The van der Waals surface area contributed by atoms with Crippen LogP contribution in [0.4, 0.5) is 8.78 Å². The lowest BCUT2D eigenvalue weighted by Crippen LogP contribution is -1.85. The Balaban J connectivity index is 2.49. The highest BCUT2D eigenvalue weighted by atomic mass is 35.5. The summed E-state index contributed by atoms with van der Waals surface area (Å²) in [6, 6.07) is 6.54. The van der Waals surface area contributed by atoms with E-state index in [1.54, 1.807) is 12.1 Å². The molecule has 0 aliphatic heterocycles. The Bertz CT molecular complexity index is 462. The van der Waals surface area contributed by atoms with E-state index in [1.165, 1.54) is 18.3 Å². The molecule has 1 heterocycles. The topological polar surface area (TPSA) is 12.9 Å². The summed E-state index contributed by atoms with van der Waals surface area (Å²) in [6.45, 7) is 0. The molecule has 2 aromatic rings. The van der Waals surface area contributed by atoms with Crippen LogP contribution < -0.4 is 0 Å². The summed E-state index contributed by atoms with van der Waals surface area (Å²) in [5.74, 6) is -1.22. The van der Waals surface area contributed by atoms with Gasteiger partial charge in [0.1, 0.15) is 16.8 Å². The molecule has 0 atom stereocenters. The van der Waals surface area contributed by atoms with Crippen molar-refractivity contribution in [2.75, 3.05) is 0 Å². The van der Waals surface area contributed by atoms with Crippen molar-refractivity contribution in [2.24, 2.45) is 0 Å². The predicted octanol–water partition coefficient (Wildman–Crippen LogP) is 3.68. The molecule has 0 saturated carbocycles. The van der Waals surface area contributed by atoms with Crippen LogP contribution in [0.25, 0.3) is 11.1 Å². The second-order valence-corrected chi connectivity index (χ2v) is 3.41. The van der Waals surface area contributed by atoms with Crippen molar-refractivity contribution >= 4 is 11.6 Å². The van der Waals surface area contributed by atoms with Gasteiger partial charge in [0.15, 0.2) is 0 Å². The third-order valence-electron chi connectivity index (χ3n) is 1.92. The number of aromatic nitrogens is 1. The third-order valence-corrected chi connectivity index (χ3v) is 2.15. The van der Waals surface area contributed by atoms with Crippen LogP contribution in [0.3, 0.4) is 0 Å². The van der Waals surface area contributed by atoms with E-state index >= 15 is 0 Å². The van der Waals surface area contributed by atoms with Crippen LogP contribution in [0.1, 0.15) is 0 Å². The molecule has 1 nitrogen and oxygen atoms in total. The van der Waals surface area contributed by atoms with Crippen molar-refractivity contribution in [2.45, 2.75) is 0 Å². The molecule has 0 aliphatic carbocycles. The van der Waals surface area contributed by atoms with Crippen molar-refractivity contribution < 1.29 is 8.78 Å². The van der Waals surface area contributed by atoms with Crippen LogP contribution in [0.5, 0.6) is 0 Å². The minimum absolute atomic E-state index is 0.343.